The summed E-state index contributed by atoms with van der Waals surface area (Å²) in [4.78, 5) is 10.3. The van der Waals surface area contributed by atoms with E-state index in [1.165, 1.54) is 0 Å². The average molecular weight is 188 g/mol. The molecule has 0 aliphatic rings. The highest BCUT2D eigenvalue weighted by molar-refractivity contribution is 5.84. The molecule has 0 saturated heterocycles. The lowest BCUT2D eigenvalue weighted by atomic mass is 10.1. The molecule has 6 nitrogen and oxygen atoms in total. The monoisotopic (exact) mass is 188 g/mol. The van der Waals surface area contributed by atoms with Crippen molar-refractivity contribution in [2.45, 2.75) is 24.9 Å². The molecular weight excluding hydrogens is 172 g/mol. The minimum Gasteiger partial charge on any atom is -0.480 e. The number of nitrogens with two attached hydrogens (primary N) is 2. The lowest BCUT2D eigenvalue weighted by Gasteiger charge is -2.13. The molecule has 7 N–H and O–H groups in total. The van der Waals surface area contributed by atoms with Crippen LogP contribution in [-0.2, 0) is 4.79 Å². The Bertz CT molecular complexity index is 195. The van der Waals surface area contributed by atoms with Crippen LogP contribution in [0, 0.1) is 5.41 Å². The molecule has 0 aliphatic carbocycles. The van der Waals surface area contributed by atoms with E-state index in [1.54, 1.807) is 7.05 Å². The number of aliphatic carboxylic acids is 1. The molecule has 0 rings (SSSR count). The van der Waals surface area contributed by atoms with Gasteiger partial charge in [0.2, 0.25) is 0 Å². The molecule has 0 fully saturated rings. The molecule has 76 valence electrons. The minimum absolute atomic E-state index is 0.192. The van der Waals surface area contributed by atoms with Crippen molar-refractivity contribution in [2.75, 3.05) is 7.05 Å². The summed E-state index contributed by atoms with van der Waals surface area (Å²) in [5, 5.41) is 18.3. The maximum absolute atomic E-state index is 10.3. The van der Waals surface area contributed by atoms with Gasteiger partial charge in [-0.1, -0.05) is 0 Å². The first-order valence-electron chi connectivity index (χ1n) is 3.99. The molecule has 0 aromatic rings. The number of nitrogens with one attached hydrogen (secondary N) is 2. The van der Waals surface area contributed by atoms with Crippen LogP contribution in [0.4, 0.5) is 0 Å². The molecule has 2 atom stereocenters. The fraction of sp³-hybridized carbons (Fsp3) is 0.714. The lowest BCUT2D eigenvalue weighted by molar-refractivity contribution is -0.138. The van der Waals surface area contributed by atoms with Crippen molar-refractivity contribution in [3.8, 4) is 0 Å². The number of hydrogen-bond acceptors (Lipinski definition) is 4. The molecule has 0 radical (unpaired) electrons. The second-order valence-corrected chi connectivity index (χ2v) is 2.79. The van der Waals surface area contributed by atoms with Gasteiger partial charge >= 0.3 is 5.97 Å². The second-order valence-electron chi connectivity index (χ2n) is 2.79. The van der Waals surface area contributed by atoms with E-state index in [-0.39, 0.29) is 12.3 Å². The average Bonchev–Trinajstić information content (AvgIpc) is 2.11. The SMILES string of the molecule is CNC(=N)C(N)CCC(N)C(=O)O. The largest absolute Gasteiger partial charge is 0.480 e. The third-order valence-electron chi connectivity index (χ3n) is 1.75. The predicted octanol–water partition coefficient (Wildman–Crippen LogP) is -1.30. The summed E-state index contributed by atoms with van der Waals surface area (Å²) in [6, 6.07) is -1.36. The Hall–Kier alpha value is -1.14. The summed E-state index contributed by atoms with van der Waals surface area (Å²) in [5.74, 6) is -0.847. The van der Waals surface area contributed by atoms with Gasteiger partial charge in [0.1, 0.15) is 11.9 Å². The van der Waals surface area contributed by atoms with Crippen molar-refractivity contribution < 1.29 is 9.90 Å². The fourth-order valence-corrected chi connectivity index (χ4v) is 0.812. The lowest BCUT2D eigenvalue weighted by Crippen LogP contribution is -2.40. The van der Waals surface area contributed by atoms with Crippen molar-refractivity contribution in [1.82, 2.24) is 5.32 Å². The number of hydrogen-bond donors (Lipinski definition) is 5. The van der Waals surface area contributed by atoms with E-state index in [0.717, 1.165) is 0 Å². The molecule has 0 saturated carbocycles. The van der Waals surface area contributed by atoms with Crippen LogP contribution in [0.1, 0.15) is 12.8 Å². The Kier molecular flexibility index (Phi) is 5.01. The number of rotatable bonds is 5. The van der Waals surface area contributed by atoms with Crippen LogP contribution >= 0.6 is 0 Å². The highest BCUT2D eigenvalue weighted by atomic mass is 16.4. The van der Waals surface area contributed by atoms with Gasteiger partial charge in [0.25, 0.3) is 0 Å². The first-order valence-corrected chi connectivity index (χ1v) is 3.99. The van der Waals surface area contributed by atoms with E-state index in [2.05, 4.69) is 5.32 Å². The highest BCUT2D eigenvalue weighted by Crippen LogP contribution is 1.98. The van der Waals surface area contributed by atoms with Gasteiger partial charge in [-0.25, -0.2) is 0 Å². The third-order valence-corrected chi connectivity index (χ3v) is 1.75. The molecule has 0 amide bonds. The van der Waals surface area contributed by atoms with Gasteiger partial charge in [0, 0.05) is 7.05 Å². The molecule has 0 spiro atoms. The highest BCUT2D eigenvalue weighted by Gasteiger charge is 2.14. The molecule has 2 unspecified atom stereocenters. The van der Waals surface area contributed by atoms with E-state index in [9.17, 15) is 4.79 Å². The molecule has 0 aromatic heterocycles. The van der Waals surface area contributed by atoms with Gasteiger partial charge in [0.15, 0.2) is 0 Å². The van der Waals surface area contributed by atoms with Gasteiger partial charge < -0.3 is 21.9 Å². The Morgan fingerprint density at radius 1 is 1.46 bits per heavy atom. The summed E-state index contributed by atoms with van der Waals surface area (Å²) < 4.78 is 0. The summed E-state index contributed by atoms with van der Waals surface area (Å²) in [6.45, 7) is 0. The number of carboxylic acid groups (broad SMARTS) is 1. The van der Waals surface area contributed by atoms with Gasteiger partial charge in [-0.15, -0.1) is 0 Å². The van der Waals surface area contributed by atoms with E-state index in [0.29, 0.717) is 6.42 Å². The number of likely N-dealkylation sites (N-methyl/N-ethyl adjacent to an activating group) is 1. The zero-order valence-electron chi connectivity index (χ0n) is 7.58. The standard InChI is InChI=1S/C7H16N4O2/c1-11-6(10)4(8)2-3-5(9)7(12)13/h4-5H,2-3,8-9H2,1H3,(H2,10,11)(H,12,13). The summed E-state index contributed by atoms with van der Waals surface area (Å²) in [5.41, 5.74) is 10.8. The maximum Gasteiger partial charge on any atom is 0.320 e. The van der Waals surface area contributed by atoms with E-state index < -0.39 is 18.1 Å². The second kappa shape index (κ2) is 5.50. The zero-order chi connectivity index (χ0) is 10.4. The van der Waals surface area contributed by atoms with Crippen LogP contribution in [0.2, 0.25) is 0 Å². The van der Waals surface area contributed by atoms with E-state index >= 15 is 0 Å². The van der Waals surface area contributed by atoms with Crippen LogP contribution in [0.25, 0.3) is 0 Å². The Labute approximate surface area is 76.8 Å². The number of amidine groups is 1. The number of carbonyl (C=O) groups is 1. The first kappa shape index (κ1) is 11.9. The quantitative estimate of drug-likeness (QED) is 0.271. The van der Waals surface area contributed by atoms with Gasteiger partial charge in [-0.3, -0.25) is 10.2 Å². The van der Waals surface area contributed by atoms with Gasteiger partial charge in [-0.2, -0.15) is 0 Å². The minimum atomic E-state index is -1.04. The number of carboxylic acids is 1. The molecule has 13 heavy (non-hydrogen) atoms. The van der Waals surface area contributed by atoms with Crippen LogP contribution < -0.4 is 16.8 Å². The topological polar surface area (TPSA) is 125 Å². The van der Waals surface area contributed by atoms with Crippen molar-refractivity contribution >= 4 is 11.8 Å². The molecule has 0 aliphatic heterocycles. The summed E-state index contributed by atoms with van der Waals surface area (Å²) in [6.07, 6.45) is 0.674. The van der Waals surface area contributed by atoms with E-state index in [1.807, 2.05) is 0 Å². The molecule has 0 heterocycles. The maximum atomic E-state index is 10.3. The molecular formula is C7H16N4O2. The predicted molar refractivity (Wildman–Crippen MR) is 49.6 cm³/mol. The Morgan fingerprint density at radius 2 is 1.92 bits per heavy atom. The normalized spacial score (nSPS) is 14.7. The van der Waals surface area contributed by atoms with Crippen LogP contribution in [-0.4, -0.2) is 36.0 Å². The van der Waals surface area contributed by atoms with Gasteiger partial charge in [-0.05, 0) is 12.8 Å². The molecule has 6 heteroatoms. The zero-order valence-corrected chi connectivity index (χ0v) is 7.58. The van der Waals surface area contributed by atoms with Crippen molar-refractivity contribution in [3.63, 3.8) is 0 Å². The van der Waals surface area contributed by atoms with Crippen LogP contribution in [0.15, 0.2) is 0 Å². The smallest absolute Gasteiger partial charge is 0.320 e. The van der Waals surface area contributed by atoms with Gasteiger partial charge in [0.05, 0.1) is 6.04 Å². The molecule has 0 bridgehead atoms. The van der Waals surface area contributed by atoms with Crippen molar-refractivity contribution in [3.05, 3.63) is 0 Å². The van der Waals surface area contributed by atoms with E-state index in [4.69, 9.17) is 22.0 Å². The first-order chi connectivity index (χ1) is 5.99. The van der Waals surface area contributed by atoms with Crippen LogP contribution in [0.3, 0.4) is 0 Å². The van der Waals surface area contributed by atoms with Crippen LogP contribution in [0.5, 0.6) is 0 Å². The fourth-order valence-electron chi connectivity index (χ4n) is 0.812. The molecule has 0 aromatic carbocycles. The van der Waals surface area contributed by atoms with Crippen molar-refractivity contribution in [1.29, 1.82) is 5.41 Å². The summed E-state index contributed by atoms with van der Waals surface area (Å²) in [7, 11) is 1.60. The Balaban J connectivity index is 3.76. The van der Waals surface area contributed by atoms with Crippen molar-refractivity contribution in [2.24, 2.45) is 11.5 Å². The third kappa shape index (κ3) is 4.44. The Morgan fingerprint density at radius 3 is 2.31 bits per heavy atom. The summed E-state index contributed by atoms with van der Waals surface area (Å²) >= 11 is 0.